The number of nitrogens with zero attached hydrogens (tertiary/aromatic N) is 2. The Kier molecular flexibility index (Phi) is 7.12. The van der Waals surface area contributed by atoms with Gasteiger partial charge in [-0.2, -0.15) is 0 Å². The highest BCUT2D eigenvalue weighted by Gasteiger charge is 2.44. The average molecular weight is 519 g/mol. The highest BCUT2D eigenvalue weighted by atomic mass is 16.6. The van der Waals surface area contributed by atoms with Gasteiger partial charge in [0.25, 0.3) is 5.91 Å². The predicted octanol–water partition coefficient (Wildman–Crippen LogP) is 4.37. The lowest BCUT2D eigenvalue weighted by Gasteiger charge is -2.30. The van der Waals surface area contributed by atoms with E-state index in [2.05, 4.69) is 10.3 Å². The predicted molar refractivity (Wildman–Crippen MR) is 144 cm³/mol. The Morgan fingerprint density at radius 2 is 1.74 bits per heavy atom. The summed E-state index contributed by atoms with van der Waals surface area (Å²) in [6.45, 7) is 8.07. The van der Waals surface area contributed by atoms with Gasteiger partial charge in [0.2, 0.25) is 5.91 Å². The Labute approximate surface area is 222 Å². The molecular formula is C29H34N4O5. The normalized spacial score (nSPS) is 20.0. The standard InChI is InChI=1S/C29H34N4O5/c1-29(2,3)38-28(36)33-12-11-22(19-7-5-4-6-8-19)25(33)26(34)30-21-9-10-23-20(17-21)18-24(31-23)27(35)32-13-15-37-16-14-32/h4-10,17-18,22,25,31H,11-16H2,1-3H3,(H,30,34)/t22-,25?/m1/s1. The zero-order valence-corrected chi connectivity index (χ0v) is 22.0. The molecule has 2 saturated heterocycles. The molecule has 38 heavy (non-hydrogen) atoms. The molecule has 0 aliphatic carbocycles. The molecule has 2 aliphatic heterocycles. The van der Waals surface area contributed by atoms with Crippen LogP contribution in [0.4, 0.5) is 10.5 Å². The fourth-order valence-electron chi connectivity index (χ4n) is 5.17. The molecule has 9 nitrogen and oxygen atoms in total. The molecular weight excluding hydrogens is 484 g/mol. The quantitative estimate of drug-likeness (QED) is 0.534. The molecule has 2 fully saturated rings. The molecule has 2 atom stereocenters. The molecule has 3 heterocycles. The largest absolute Gasteiger partial charge is 0.444 e. The smallest absolute Gasteiger partial charge is 0.410 e. The number of benzene rings is 2. The fraction of sp³-hybridized carbons (Fsp3) is 0.414. The highest BCUT2D eigenvalue weighted by Crippen LogP contribution is 2.35. The number of H-pyrrole nitrogens is 1. The van der Waals surface area contributed by atoms with Crippen LogP contribution in [0, 0.1) is 0 Å². The minimum Gasteiger partial charge on any atom is -0.444 e. The summed E-state index contributed by atoms with van der Waals surface area (Å²) < 4.78 is 11.0. The van der Waals surface area contributed by atoms with Crippen molar-refractivity contribution in [3.8, 4) is 0 Å². The SMILES string of the molecule is CC(C)(C)OC(=O)N1CC[C@H](c2ccccc2)C1C(=O)Nc1ccc2[nH]c(C(=O)N3CCOCC3)cc2c1. The molecule has 1 unspecified atom stereocenters. The van der Waals surface area contributed by atoms with Gasteiger partial charge in [0.1, 0.15) is 17.3 Å². The Balaban J connectivity index is 1.37. The average Bonchev–Trinajstić information content (AvgIpc) is 3.53. The lowest BCUT2D eigenvalue weighted by atomic mass is 9.91. The second kappa shape index (κ2) is 10.5. The van der Waals surface area contributed by atoms with Crippen LogP contribution >= 0.6 is 0 Å². The summed E-state index contributed by atoms with van der Waals surface area (Å²) in [7, 11) is 0. The summed E-state index contributed by atoms with van der Waals surface area (Å²) in [5, 5.41) is 3.83. The summed E-state index contributed by atoms with van der Waals surface area (Å²) in [6.07, 6.45) is 0.161. The number of anilines is 1. The summed E-state index contributed by atoms with van der Waals surface area (Å²) in [6, 6.07) is 16.4. The number of carbonyl (C=O) groups excluding carboxylic acids is 3. The highest BCUT2D eigenvalue weighted by molar-refractivity contribution is 6.01. The van der Waals surface area contributed by atoms with Gasteiger partial charge in [-0.25, -0.2) is 4.79 Å². The number of aromatic amines is 1. The van der Waals surface area contributed by atoms with Crippen molar-refractivity contribution in [2.75, 3.05) is 38.2 Å². The third-order valence-electron chi connectivity index (χ3n) is 6.94. The molecule has 200 valence electrons. The van der Waals surface area contributed by atoms with Crippen LogP contribution < -0.4 is 5.32 Å². The van der Waals surface area contributed by atoms with Gasteiger partial charge in [0.05, 0.1) is 13.2 Å². The molecule has 0 radical (unpaired) electrons. The van der Waals surface area contributed by atoms with Crippen molar-refractivity contribution in [2.24, 2.45) is 0 Å². The third-order valence-corrected chi connectivity index (χ3v) is 6.94. The molecule has 0 saturated carbocycles. The van der Waals surface area contributed by atoms with Crippen LogP contribution in [-0.2, 0) is 14.3 Å². The van der Waals surface area contributed by atoms with Gasteiger partial charge < -0.3 is 24.7 Å². The van der Waals surface area contributed by atoms with Gasteiger partial charge in [0, 0.05) is 42.1 Å². The van der Waals surface area contributed by atoms with Crippen molar-refractivity contribution >= 4 is 34.5 Å². The lowest BCUT2D eigenvalue weighted by Crippen LogP contribution is -2.47. The van der Waals surface area contributed by atoms with Crippen LogP contribution in [-0.4, -0.2) is 77.2 Å². The van der Waals surface area contributed by atoms with E-state index in [1.165, 1.54) is 4.90 Å². The Morgan fingerprint density at radius 3 is 2.45 bits per heavy atom. The molecule has 0 spiro atoms. The molecule has 9 heteroatoms. The maximum Gasteiger partial charge on any atom is 0.410 e. The van der Waals surface area contributed by atoms with Gasteiger partial charge in [-0.3, -0.25) is 14.5 Å². The Morgan fingerprint density at radius 1 is 1.00 bits per heavy atom. The first kappa shape index (κ1) is 25.8. The minimum absolute atomic E-state index is 0.0697. The van der Waals surface area contributed by atoms with Crippen LogP contribution in [0.15, 0.2) is 54.6 Å². The first-order valence-corrected chi connectivity index (χ1v) is 13.0. The zero-order valence-electron chi connectivity index (χ0n) is 22.0. The van der Waals surface area contributed by atoms with E-state index in [4.69, 9.17) is 9.47 Å². The van der Waals surface area contributed by atoms with Gasteiger partial charge in [0.15, 0.2) is 0 Å². The number of nitrogens with one attached hydrogen (secondary N) is 2. The second-order valence-electron chi connectivity index (χ2n) is 10.8. The number of amides is 3. The fourth-order valence-corrected chi connectivity index (χ4v) is 5.17. The van der Waals surface area contributed by atoms with Gasteiger partial charge in [-0.05, 0) is 57.0 Å². The Bertz CT molecular complexity index is 1320. The van der Waals surface area contributed by atoms with Crippen LogP contribution in [0.3, 0.4) is 0 Å². The Hall–Kier alpha value is -3.85. The first-order chi connectivity index (χ1) is 18.2. The summed E-state index contributed by atoms with van der Waals surface area (Å²) in [5.41, 5.74) is 2.23. The number of carbonyl (C=O) groups is 3. The number of hydrogen-bond acceptors (Lipinski definition) is 5. The number of rotatable bonds is 4. The maximum absolute atomic E-state index is 13.7. The van der Waals surface area contributed by atoms with Gasteiger partial charge >= 0.3 is 6.09 Å². The lowest BCUT2D eigenvalue weighted by molar-refractivity contribution is -0.120. The van der Waals surface area contributed by atoms with E-state index in [1.54, 1.807) is 17.0 Å². The molecule has 3 amide bonds. The molecule has 5 rings (SSSR count). The minimum atomic E-state index is -0.715. The molecule has 0 bridgehead atoms. The number of hydrogen-bond donors (Lipinski definition) is 2. The number of ether oxygens (including phenoxy) is 2. The number of likely N-dealkylation sites (tertiary alicyclic amines) is 1. The van der Waals surface area contributed by atoms with Crippen LogP contribution in [0.2, 0.25) is 0 Å². The zero-order chi connectivity index (χ0) is 26.9. The van der Waals surface area contributed by atoms with Crippen molar-refractivity contribution in [2.45, 2.75) is 44.8 Å². The van der Waals surface area contributed by atoms with Crippen LogP contribution in [0.1, 0.15) is 49.2 Å². The van der Waals surface area contributed by atoms with E-state index < -0.39 is 17.7 Å². The molecule has 1 aromatic heterocycles. The van der Waals surface area contributed by atoms with E-state index in [0.717, 1.165) is 16.5 Å². The monoisotopic (exact) mass is 518 g/mol. The summed E-state index contributed by atoms with van der Waals surface area (Å²) in [4.78, 5) is 46.1. The van der Waals surface area contributed by atoms with Crippen molar-refractivity contribution in [1.82, 2.24) is 14.8 Å². The third kappa shape index (κ3) is 5.52. The van der Waals surface area contributed by atoms with Crippen molar-refractivity contribution in [3.63, 3.8) is 0 Å². The van der Waals surface area contributed by atoms with Gasteiger partial charge in [-0.1, -0.05) is 30.3 Å². The summed E-state index contributed by atoms with van der Waals surface area (Å²) >= 11 is 0. The van der Waals surface area contributed by atoms with Gasteiger partial charge in [-0.15, -0.1) is 0 Å². The van der Waals surface area contributed by atoms with Crippen molar-refractivity contribution < 1.29 is 23.9 Å². The van der Waals surface area contributed by atoms with E-state index in [9.17, 15) is 14.4 Å². The van der Waals surface area contributed by atoms with Crippen LogP contribution in [0.5, 0.6) is 0 Å². The van der Waals surface area contributed by atoms with E-state index in [0.29, 0.717) is 50.7 Å². The molecule has 2 aromatic carbocycles. The van der Waals surface area contributed by atoms with Crippen LogP contribution in [0.25, 0.3) is 10.9 Å². The topological polar surface area (TPSA) is 104 Å². The summed E-state index contributed by atoms with van der Waals surface area (Å²) in [5.74, 6) is -0.501. The van der Waals surface area contributed by atoms with E-state index >= 15 is 0 Å². The first-order valence-electron chi connectivity index (χ1n) is 13.0. The second-order valence-corrected chi connectivity index (χ2v) is 10.8. The maximum atomic E-state index is 13.7. The molecule has 2 aliphatic rings. The number of fused-ring (bicyclic) bond motifs is 1. The van der Waals surface area contributed by atoms with Crippen molar-refractivity contribution in [1.29, 1.82) is 0 Å². The molecule has 3 aromatic rings. The van der Waals surface area contributed by atoms with E-state index in [1.807, 2.05) is 63.2 Å². The van der Waals surface area contributed by atoms with E-state index in [-0.39, 0.29) is 17.7 Å². The number of aromatic nitrogens is 1. The molecule has 2 N–H and O–H groups in total. The number of morpholine rings is 1. The van der Waals surface area contributed by atoms with Crippen molar-refractivity contribution in [3.05, 3.63) is 65.9 Å².